The highest BCUT2D eigenvalue weighted by Gasteiger charge is 2.31. The second kappa shape index (κ2) is 7.08. The monoisotopic (exact) mass is 325 g/mol. The van der Waals surface area contributed by atoms with Crippen LogP contribution in [0.5, 0.6) is 0 Å². The summed E-state index contributed by atoms with van der Waals surface area (Å²) in [5, 5.41) is 0. The van der Waals surface area contributed by atoms with Crippen molar-refractivity contribution in [1.82, 2.24) is 4.90 Å². The molecule has 0 amide bonds. The van der Waals surface area contributed by atoms with Crippen LogP contribution in [0.1, 0.15) is 12.8 Å². The number of hydrogen-bond donors (Lipinski definition) is 0. The van der Waals surface area contributed by atoms with Gasteiger partial charge in [0.1, 0.15) is 0 Å². The fourth-order valence-electron chi connectivity index (χ4n) is 3.05. The Kier molecular flexibility index (Phi) is 5.13. The molecule has 2 fully saturated rings. The minimum absolute atomic E-state index is 0.0793. The second-order valence-electron chi connectivity index (χ2n) is 5.89. The minimum atomic E-state index is -3.21. The highest BCUT2D eigenvalue weighted by molar-refractivity contribution is 7.91. The third-order valence-corrected chi connectivity index (χ3v) is 6.05. The summed E-state index contributed by atoms with van der Waals surface area (Å²) in [4.78, 5) is 2.58. The van der Waals surface area contributed by atoms with Gasteiger partial charge in [0, 0.05) is 26.2 Å². The van der Waals surface area contributed by atoms with E-state index in [4.69, 9.17) is 9.47 Å². The fraction of sp³-hybridized carbons (Fsp3) is 0.625. The lowest BCUT2D eigenvalue weighted by Crippen LogP contribution is -2.48. The normalized spacial score (nSPS) is 27.1. The predicted octanol–water partition coefficient (Wildman–Crippen LogP) is 1.34. The average molecular weight is 325 g/mol. The van der Waals surface area contributed by atoms with Gasteiger partial charge in [0.2, 0.25) is 0 Å². The van der Waals surface area contributed by atoms with Crippen molar-refractivity contribution in [3.8, 4) is 0 Å². The highest BCUT2D eigenvalue weighted by Crippen LogP contribution is 2.21. The van der Waals surface area contributed by atoms with Crippen LogP contribution >= 0.6 is 0 Å². The van der Waals surface area contributed by atoms with E-state index in [1.165, 1.54) is 0 Å². The Bertz CT molecular complexity index is 569. The number of sulfone groups is 1. The highest BCUT2D eigenvalue weighted by atomic mass is 32.2. The van der Waals surface area contributed by atoms with E-state index in [2.05, 4.69) is 4.90 Å². The molecule has 122 valence electrons. The van der Waals surface area contributed by atoms with Gasteiger partial charge in [-0.1, -0.05) is 18.2 Å². The first-order valence-electron chi connectivity index (χ1n) is 7.88. The number of rotatable bonds is 5. The second-order valence-corrected chi connectivity index (χ2v) is 8.00. The summed E-state index contributed by atoms with van der Waals surface area (Å²) in [7, 11) is -3.21. The molecule has 1 aromatic carbocycles. The van der Waals surface area contributed by atoms with Crippen LogP contribution in [0, 0.1) is 0 Å². The first-order chi connectivity index (χ1) is 10.6. The van der Waals surface area contributed by atoms with Gasteiger partial charge in [-0.25, -0.2) is 8.42 Å². The maximum atomic E-state index is 12.3. The third-order valence-electron chi connectivity index (χ3n) is 4.34. The lowest BCUT2D eigenvalue weighted by atomic mass is 10.1. The molecule has 0 spiro atoms. The van der Waals surface area contributed by atoms with Gasteiger partial charge in [0.25, 0.3) is 0 Å². The van der Waals surface area contributed by atoms with Crippen LogP contribution in [0.2, 0.25) is 0 Å². The zero-order valence-electron chi connectivity index (χ0n) is 12.7. The number of nitrogens with zero attached hydrogens (tertiary/aromatic N) is 1. The summed E-state index contributed by atoms with van der Waals surface area (Å²) >= 11 is 0. The molecule has 2 atom stereocenters. The molecule has 0 bridgehead atoms. The van der Waals surface area contributed by atoms with E-state index < -0.39 is 9.84 Å². The van der Waals surface area contributed by atoms with Gasteiger partial charge in [0.15, 0.2) is 9.84 Å². The lowest BCUT2D eigenvalue weighted by molar-refractivity contribution is -0.0930. The van der Waals surface area contributed by atoms with Crippen LogP contribution < -0.4 is 0 Å². The van der Waals surface area contributed by atoms with Crippen molar-refractivity contribution in [3.63, 3.8) is 0 Å². The van der Waals surface area contributed by atoms with Crippen LogP contribution in [0.25, 0.3) is 0 Å². The van der Waals surface area contributed by atoms with Crippen molar-refractivity contribution in [2.45, 2.75) is 29.9 Å². The summed E-state index contributed by atoms with van der Waals surface area (Å²) in [6.45, 7) is 3.55. The van der Waals surface area contributed by atoms with E-state index >= 15 is 0 Å². The molecule has 3 rings (SSSR count). The summed E-state index contributed by atoms with van der Waals surface area (Å²) in [5.74, 6) is 0.148. The number of morpholine rings is 1. The van der Waals surface area contributed by atoms with E-state index in [0.29, 0.717) is 18.0 Å². The fourth-order valence-corrected chi connectivity index (χ4v) is 4.36. The zero-order valence-corrected chi connectivity index (χ0v) is 13.5. The maximum Gasteiger partial charge on any atom is 0.179 e. The standard InChI is InChI=1S/C16H23NO4S/c18-22(19,14-5-2-1-3-6-14)12-9-17-8-11-21-16(13-17)15-7-4-10-20-15/h1-3,5-6,15-16H,4,7-13H2/t15-,16-/m1/s1. The van der Waals surface area contributed by atoms with E-state index in [9.17, 15) is 8.42 Å². The van der Waals surface area contributed by atoms with Crippen LogP contribution in [0.15, 0.2) is 35.2 Å². The third kappa shape index (κ3) is 3.87. The molecule has 0 aliphatic carbocycles. The summed E-state index contributed by atoms with van der Waals surface area (Å²) < 4.78 is 36.1. The smallest absolute Gasteiger partial charge is 0.179 e. The van der Waals surface area contributed by atoms with Gasteiger partial charge in [0.05, 0.1) is 29.5 Å². The van der Waals surface area contributed by atoms with Crippen molar-refractivity contribution >= 4 is 9.84 Å². The van der Waals surface area contributed by atoms with E-state index in [0.717, 1.165) is 32.5 Å². The average Bonchev–Trinajstić information content (AvgIpc) is 3.09. The number of benzene rings is 1. The Morgan fingerprint density at radius 1 is 1.09 bits per heavy atom. The minimum Gasteiger partial charge on any atom is -0.375 e. The van der Waals surface area contributed by atoms with Crippen molar-refractivity contribution in [2.24, 2.45) is 0 Å². The number of hydrogen-bond acceptors (Lipinski definition) is 5. The maximum absolute atomic E-state index is 12.3. The van der Waals surface area contributed by atoms with Crippen LogP contribution in [-0.4, -0.2) is 64.1 Å². The van der Waals surface area contributed by atoms with Gasteiger partial charge in [-0.2, -0.15) is 0 Å². The van der Waals surface area contributed by atoms with Gasteiger partial charge in [-0.05, 0) is 25.0 Å². The zero-order chi connectivity index (χ0) is 15.4. The van der Waals surface area contributed by atoms with Gasteiger partial charge in [-0.3, -0.25) is 4.90 Å². The van der Waals surface area contributed by atoms with Crippen LogP contribution in [0.3, 0.4) is 0 Å². The molecular weight excluding hydrogens is 302 g/mol. The summed E-state index contributed by atoms with van der Waals surface area (Å²) in [6.07, 6.45) is 2.39. The SMILES string of the molecule is O=S(=O)(CCN1CCO[C@@H]([C@H]2CCCO2)C1)c1ccccc1. The molecule has 2 aliphatic heterocycles. The first-order valence-corrected chi connectivity index (χ1v) is 9.54. The molecule has 0 saturated carbocycles. The first kappa shape index (κ1) is 15.9. The number of ether oxygens (including phenoxy) is 2. The van der Waals surface area contributed by atoms with Crippen molar-refractivity contribution in [2.75, 3.05) is 38.6 Å². The molecule has 2 aliphatic rings. The summed E-state index contributed by atoms with van der Waals surface area (Å²) in [6, 6.07) is 8.66. The molecule has 22 heavy (non-hydrogen) atoms. The van der Waals surface area contributed by atoms with Crippen molar-refractivity contribution < 1.29 is 17.9 Å². The lowest BCUT2D eigenvalue weighted by Gasteiger charge is -2.35. The molecule has 6 heteroatoms. The molecule has 0 N–H and O–H groups in total. The predicted molar refractivity (Wildman–Crippen MR) is 83.6 cm³/mol. The summed E-state index contributed by atoms with van der Waals surface area (Å²) in [5.41, 5.74) is 0. The molecular formula is C16H23NO4S. The van der Waals surface area contributed by atoms with Crippen LogP contribution in [-0.2, 0) is 19.3 Å². The molecule has 0 radical (unpaired) electrons. The van der Waals surface area contributed by atoms with E-state index in [1.807, 2.05) is 6.07 Å². The largest absolute Gasteiger partial charge is 0.375 e. The molecule has 1 aromatic rings. The van der Waals surface area contributed by atoms with Crippen LogP contribution in [0.4, 0.5) is 0 Å². The van der Waals surface area contributed by atoms with E-state index in [-0.39, 0.29) is 18.0 Å². The molecule has 0 unspecified atom stereocenters. The van der Waals surface area contributed by atoms with Crippen molar-refractivity contribution in [3.05, 3.63) is 30.3 Å². The van der Waals surface area contributed by atoms with E-state index in [1.54, 1.807) is 24.3 Å². The van der Waals surface area contributed by atoms with Gasteiger partial charge < -0.3 is 9.47 Å². The Balaban J connectivity index is 1.54. The molecule has 0 aromatic heterocycles. The molecule has 5 nitrogen and oxygen atoms in total. The van der Waals surface area contributed by atoms with Gasteiger partial charge >= 0.3 is 0 Å². The van der Waals surface area contributed by atoms with Crippen molar-refractivity contribution in [1.29, 1.82) is 0 Å². The Morgan fingerprint density at radius 3 is 2.59 bits per heavy atom. The molecule has 2 saturated heterocycles. The topological polar surface area (TPSA) is 55.8 Å². The quantitative estimate of drug-likeness (QED) is 0.818. The Hall–Kier alpha value is -0.950. The Morgan fingerprint density at radius 2 is 1.86 bits per heavy atom. The van der Waals surface area contributed by atoms with Gasteiger partial charge in [-0.15, -0.1) is 0 Å². The molecule has 2 heterocycles. The Labute approximate surface area is 132 Å².